The Labute approximate surface area is 204 Å². The lowest BCUT2D eigenvalue weighted by Crippen LogP contribution is -2.33. The van der Waals surface area contributed by atoms with E-state index in [1.807, 2.05) is 84.9 Å². The normalized spacial score (nSPS) is 17.1. The SMILES string of the molecule is CCN(CC)c1ccc2c(c1)Oc1ccc(Oc3ccccc3)cc1C21OC(=O)c2ccccc21. The van der Waals surface area contributed by atoms with Gasteiger partial charge in [0.15, 0.2) is 5.60 Å². The minimum Gasteiger partial charge on any atom is -0.457 e. The fourth-order valence-corrected chi connectivity index (χ4v) is 5.11. The van der Waals surface area contributed by atoms with E-state index in [0.717, 1.165) is 41.2 Å². The molecule has 174 valence electrons. The Kier molecular flexibility index (Phi) is 4.99. The van der Waals surface area contributed by atoms with Crippen molar-refractivity contribution < 1.29 is 19.0 Å². The average Bonchev–Trinajstić information content (AvgIpc) is 3.19. The van der Waals surface area contributed by atoms with Crippen LogP contribution in [0.2, 0.25) is 0 Å². The molecule has 1 unspecified atom stereocenters. The standard InChI is InChI=1S/C30H25NO4/c1-3-31(4-2)20-14-16-25-28(18-20)34-27-17-15-22(33-21-10-6-5-7-11-21)19-26(27)30(25)24-13-9-8-12-23(24)29(32)35-30/h5-19H,3-4H2,1-2H3. The number of nitrogens with zero attached hydrogens (tertiary/aromatic N) is 1. The summed E-state index contributed by atoms with van der Waals surface area (Å²) >= 11 is 0. The summed E-state index contributed by atoms with van der Waals surface area (Å²) in [5, 5.41) is 0. The number of esters is 1. The van der Waals surface area contributed by atoms with Gasteiger partial charge in [0.1, 0.15) is 23.0 Å². The zero-order chi connectivity index (χ0) is 24.0. The van der Waals surface area contributed by atoms with E-state index >= 15 is 0 Å². The molecule has 0 bridgehead atoms. The number of carbonyl (C=O) groups excluding carboxylic acids is 1. The number of anilines is 1. The molecule has 4 aromatic carbocycles. The first-order chi connectivity index (χ1) is 17.1. The molecule has 35 heavy (non-hydrogen) atoms. The predicted molar refractivity (Wildman–Crippen MR) is 135 cm³/mol. The minimum atomic E-state index is -1.12. The molecule has 6 rings (SSSR count). The highest BCUT2D eigenvalue weighted by Gasteiger charge is 2.53. The number of hydrogen-bond acceptors (Lipinski definition) is 5. The Morgan fingerprint density at radius 3 is 2.31 bits per heavy atom. The van der Waals surface area contributed by atoms with Crippen LogP contribution in [0.3, 0.4) is 0 Å². The molecule has 1 spiro atoms. The second kappa shape index (κ2) is 8.20. The molecular formula is C30H25NO4. The first-order valence-corrected chi connectivity index (χ1v) is 11.9. The molecule has 0 aliphatic carbocycles. The maximum absolute atomic E-state index is 13.1. The van der Waals surface area contributed by atoms with Crippen LogP contribution in [0.25, 0.3) is 0 Å². The summed E-state index contributed by atoms with van der Waals surface area (Å²) in [6, 6.07) is 29.0. The third-order valence-corrected chi connectivity index (χ3v) is 6.77. The van der Waals surface area contributed by atoms with Gasteiger partial charge in [0, 0.05) is 36.0 Å². The molecule has 5 heteroatoms. The van der Waals surface area contributed by atoms with Crippen molar-refractivity contribution in [3.8, 4) is 23.0 Å². The second-order valence-electron chi connectivity index (χ2n) is 8.64. The van der Waals surface area contributed by atoms with Gasteiger partial charge in [-0.2, -0.15) is 0 Å². The Morgan fingerprint density at radius 2 is 1.51 bits per heavy atom. The molecule has 0 aromatic heterocycles. The van der Waals surface area contributed by atoms with Crippen molar-refractivity contribution in [3.05, 3.63) is 113 Å². The summed E-state index contributed by atoms with van der Waals surface area (Å²) in [4.78, 5) is 15.4. The number of carbonyl (C=O) groups is 1. The summed E-state index contributed by atoms with van der Waals surface area (Å²) in [7, 11) is 0. The second-order valence-corrected chi connectivity index (χ2v) is 8.64. The first kappa shape index (κ1) is 21.3. The van der Waals surface area contributed by atoms with Gasteiger partial charge in [-0.1, -0.05) is 36.4 Å². The quantitative estimate of drug-likeness (QED) is 0.302. The first-order valence-electron chi connectivity index (χ1n) is 11.9. The van der Waals surface area contributed by atoms with E-state index in [9.17, 15) is 4.79 Å². The lowest BCUT2D eigenvalue weighted by Gasteiger charge is -2.37. The predicted octanol–water partition coefficient (Wildman–Crippen LogP) is 6.89. The Morgan fingerprint density at radius 1 is 0.743 bits per heavy atom. The van der Waals surface area contributed by atoms with Gasteiger partial charge in [0.2, 0.25) is 0 Å². The van der Waals surface area contributed by atoms with E-state index in [-0.39, 0.29) is 5.97 Å². The zero-order valence-electron chi connectivity index (χ0n) is 19.7. The summed E-state index contributed by atoms with van der Waals surface area (Å²) in [5.41, 5.74) is 2.86. The maximum Gasteiger partial charge on any atom is 0.340 e. The molecule has 0 fully saturated rings. The fourth-order valence-electron chi connectivity index (χ4n) is 5.11. The largest absolute Gasteiger partial charge is 0.457 e. The van der Waals surface area contributed by atoms with Gasteiger partial charge >= 0.3 is 5.97 Å². The van der Waals surface area contributed by atoms with Gasteiger partial charge in [-0.25, -0.2) is 4.79 Å². The zero-order valence-corrected chi connectivity index (χ0v) is 19.7. The van der Waals surface area contributed by atoms with E-state index in [4.69, 9.17) is 14.2 Å². The Bertz CT molecular complexity index is 1430. The van der Waals surface area contributed by atoms with Crippen molar-refractivity contribution >= 4 is 11.7 Å². The Balaban J connectivity index is 1.56. The summed E-state index contributed by atoms with van der Waals surface area (Å²) < 4.78 is 18.8. The lowest BCUT2D eigenvalue weighted by molar-refractivity contribution is 0.0224. The third kappa shape index (κ3) is 3.27. The molecule has 0 amide bonds. The van der Waals surface area contributed by atoms with E-state index in [1.54, 1.807) is 0 Å². The van der Waals surface area contributed by atoms with Crippen LogP contribution in [0.1, 0.15) is 40.9 Å². The van der Waals surface area contributed by atoms with E-state index in [0.29, 0.717) is 22.8 Å². The average molecular weight is 464 g/mol. The van der Waals surface area contributed by atoms with E-state index < -0.39 is 5.60 Å². The van der Waals surface area contributed by atoms with Crippen LogP contribution in [-0.4, -0.2) is 19.1 Å². The lowest BCUT2D eigenvalue weighted by atomic mass is 9.77. The maximum atomic E-state index is 13.1. The molecule has 4 aromatic rings. The molecule has 0 saturated carbocycles. The van der Waals surface area contributed by atoms with Gasteiger partial charge in [-0.15, -0.1) is 0 Å². The smallest absolute Gasteiger partial charge is 0.340 e. The number of ether oxygens (including phenoxy) is 3. The van der Waals surface area contributed by atoms with Crippen molar-refractivity contribution in [2.45, 2.75) is 19.4 Å². The van der Waals surface area contributed by atoms with Gasteiger partial charge in [-0.3, -0.25) is 0 Å². The molecule has 0 N–H and O–H groups in total. The highest BCUT2D eigenvalue weighted by molar-refractivity contribution is 5.97. The van der Waals surface area contributed by atoms with Gasteiger partial charge in [0.25, 0.3) is 0 Å². The van der Waals surface area contributed by atoms with Crippen LogP contribution in [-0.2, 0) is 10.3 Å². The van der Waals surface area contributed by atoms with Crippen LogP contribution >= 0.6 is 0 Å². The molecular weight excluding hydrogens is 438 g/mol. The van der Waals surface area contributed by atoms with Crippen LogP contribution in [0.4, 0.5) is 5.69 Å². The van der Waals surface area contributed by atoms with Gasteiger partial charge < -0.3 is 19.1 Å². The number of para-hydroxylation sites is 1. The van der Waals surface area contributed by atoms with Crippen molar-refractivity contribution in [3.63, 3.8) is 0 Å². The molecule has 2 aliphatic heterocycles. The summed E-state index contributed by atoms with van der Waals surface area (Å²) in [6.45, 7) is 6.03. The molecule has 2 aliphatic rings. The van der Waals surface area contributed by atoms with Crippen LogP contribution in [0, 0.1) is 0 Å². The number of rotatable bonds is 5. The number of benzene rings is 4. The van der Waals surface area contributed by atoms with E-state index in [1.165, 1.54) is 0 Å². The topological polar surface area (TPSA) is 48.0 Å². The van der Waals surface area contributed by atoms with Crippen LogP contribution < -0.4 is 14.4 Å². The Hall–Kier alpha value is -4.25. The van der Waals surface area contributed by atoms with Crippen molar-refractivity contribution in [1.29, 1.82) is 0 Å². The summed E-state index contributed by atoms with van der Waals surface area (Å²) in [6.07, 6.45) is 0. The molecule has 0 radical (unpaired) electrons. The van der Waals surface area contributed by atoms with E-state index in [2.05, 4.69) is 24.8 Å². The number of fused-ring (bicyclic) bond motifs is 6. The molecule has 2 heterocycles. The molecule has 0 saturated heterocycles. The van der Waals surface area contributed by atoms with Crippen molar-refractivity contribution in [1.82, 2.24) is 0 Å². The van der Waals surface area contributed by atoms with Crippen molar-refractivity contribution in [2.75, 3.05) is 18.0 Å². The highest BCUT2D eigenvalue weighted by atomic mass is 16.6. The molecule has 5 nitrogen and oxygen atoms in total. The van der Waals surface area contributed by atoms with Crippen LogP contribution in [0.5, 0.6) is 23.0 Å². The van der Waals surface area contributed by atoms with Crippen LogP contribution in [0.15, 0.2) is 91.0 Å². The minimum absolute atomic E-state index is 0.346. The monoisotopic (exact) mass is 463 g/mol. The van der Waals surface area contributed by atoms with Crippen molar-refractivity contribution in [2.24, 2.45) is 0 Å². The molecule has 1 atom stereocenters. The highest BCUT2D eigenvalue weighted by Crippen LogP contribution is 2.57. The van der Waals surface area contributed by atoms with Gasteiger partial charge in [0.05, 0.1) is 11.1 Å². The summed E-state index contributed by atoms with van der Waals surface area (Å²) in [5.74, 6) is 2.34. The fraction of sp³-hybridized carbons (Fsp3) is 0.167. The third-order valence-electron chi connectivity index (χ3n) is 6.77. The number of hydrogen-bond donors (Lipinski definition) is 0. The van der Waals surface area contributed by atoms with Gasteiger partial charge in [-0.05, 0) is 62.4 Å².